The quantitative estimate of drug-likeness (QED) is 0.708. The molecular weight excluding hydrogens is 232 g/mol. The number of nitrogens with zero attached hydrogens (tertiary/aromatic N) is 1. The number of carbonyl (C=O) groups excluding carboxylic acids is 3. The first-order valence-corrected chi connectivity index (χ1v) is 6.27. The first-order chi connectivity index (χ1) is 8.45. The van der Waals surface area contributed by atoms with Crippen molar-refractivity contribution in [2.45, 2.75) is 27.2 Å². The first kappa shape index (κ1) is 14.4. The minimum absolute atomic E-state index is 0.0153. The van der Waals surface area contributed by atoms with Gasteiger partial charge in [-0.15, -0.1) is 0 Å². The Balaban J connectivity index is 2.42. The van der Waals surface area contributed by atoms with E-state index >= 15 is 0 Å². The third-order valence-corrected chi connectivity index (χ3v) is 2.95. The van der Waals surface area contributed by atoms with Crippen molar-refractivity contribution in [3.63, 3.8) is 0 Å². The van der Waals surface area contributed by atoms with E-state index in [1.165, 1.54) is 17.1 Å². The van der Waals surface area contributed by atoms with E-state index in [0.29, 0.717) is 19.5 Å². The van der Waals surface area contributed by atoms with Crippen molar-refractivity contribution < 1.29 is 14.4 Å². The molecule has 0 aromatic heterocycles. The third kappa shape index (κ3) is 3.68. The summed E-state index contributed by atoms with van der Waals surface area (Å²) in [4.78, 5) is 35.6. The average molecular weight is 252 g/mol. The van der Waals surface area contributed by atoms with E-state index in [-0.39, 0.29) is 29.6 Å². The molecule has 0 radical (unpaired) electrons. The molecule has 0 saturated heterocycles. The zero-order chi connectivity index (χ0) is 13.7. The molecule has 0 saturated carbocycles. The number of imide groups is 1. The monoisotopic (exact) mass is 252 g/mol. The normalized spacial score (nSPS) is 18.1. The SMILES string of the molecule is CCNC(=O)C(C)C[C@H](C)CN1C(=O)C=CC1=O. The number of hydrogen-bond acceptors (Lipinski definition) is 3. The van der Waals surface area contributed by atoms with Gasteiger partial charge in [-0.05, 0) is 19.3 Å². The second-order valence-corrected chi connectivity index (χ2v) is 4.76. The lowest BCUT2D eigenvalue weighted by Gasteiger charge is -2.21. The Morgan fingerprint density at radius 2 is 1.83 bits per heavy atom. The Morgan fingerprint density at radius 3 is 2.33 bits per heavy atom. The standard InChI is InChI=1S/C13H20N2O3/c1-4-14-13(18)10(3)7-9(2)8-15-11(16)5-6-12(15)17/h5-6,9-10H,4,7-8H2,1-3H3,(H,14,18)/t9-,10?/m0/s1. The predicted molar refractivity (Wildman–Crippen MR) is 67.5 cm³/mol. The summed E-state index contributed by atoms with van der Waals surface area (Å²) in [5.74, 6) is -0.521. The van der Waals surface area contributed by atoms with Crippen LogP contribution in [0.2, 0.25) is 0 Å². The van der Waals surface area contributed by atoms with Crippen LogP contribution in [0, 0.1) is 11.8 Å². The number of nitrogens with one attached hydrogen (secondary N) is 1. The third-order valence-electron chi connectivity index (χ3n) is 2.95. The fourth-order valence-corrected chi connectivity index (χ4v) is 2.06. The van der Waals surface area contributed by atoms with Crippen LogP contribution in [0.25, 0.3) is 0 Å². The van der Waals surface area contributed by atoms with Gasteiger partial charge in [0.1, 0.15) is 0 Å². The van der Waals surface area contributed by atoms with E-state index in [9.17, 15) is 14.4 Å². The zero-order valence-electron chi connectivity index (χ0n) is 11.1. The van der Waals surface area contributed by atoms with Crippen LogP contribution in [0.4, 0.5) is 0 Å². The van der Waals surface area contributed by atoms with Crippen LogP contribution < -0.4 is 5.32 Å². The molecule has 5 nitrogen and oxygen atoms in total. The van der Waals surface area contributed by atoms with Crippen LogP contribution >= 0.6 is 0 Å². The smallest absolute Gasteiger partial charge is 0.253 e. The highest BCUT2D eigenvalue weighted by molar-refractivity contribution is 6.12. The molecule has 1 unspecified atom stereocenters. The summed E-state index contributed by atoms with van der Waals surface area (Å²) >= 11 is 0. The molecule has 0 fully saturated rings. The number of hydrogen-bond donors (Lipinski definition) is 1. The van der Waals surface area contributed by atoms with Gasteiger partial charge < -0.3 is 5.32 Å². The Morgan fingerprint density at radius 1 is 1.28 bits per heavy atom. The Bertz CT molecular complexity index is 358. The second kappa shape index (κ2) is 6.33. The summed E-state index contributed by atoms with van der Waals surface area (Å²) in [7, 11) is 0. The van der Waals surface area contributed by atoms with Crippen LogP contribution in [0.3, 0.4) is 0 Å². The highest BCUT2D eigenvalue weighted by atomic mass is 16.2. The molecule has 1 heterocycles. The van der Waals surface area contributed by atoms with Gasteiger partial charge in [0.15, 0.2) is 0 Å². The second-order valence-electron chi connectivity index (χ2n) is 4.76. The van der Waals surface area contributed by atoms with Crippen LogP contribution in [-0.4, -0.2) is 35.7 Å². The highest BCUT2D eigenvalue weighted by Gasteiger charge is 2.26. The van der Waals surface area contributed by atoms with Crippen molar-refractivity contribution in [2.75, 3.05) is 13.1 Å². The number of carbonyl (C=O) groups is 3. The molecule has 3 amide bonds. The van der Waals surface area contributed by atoms with Gasteiger partial charge in [-0.1, -0.05) is 13.8 Å². The summed E-state index contributed by atoms with van der Waals surface area (Å²) in [5, 5.41) is 2.76. The molecule has 100 valence electrons. The van der Waals surface area contributed by atoms with E-state index in [0.717, 1.165) is 0 Å². The van der Waals surface area contributed by atoms with Gasteiger partial charge in [-0.25, -0.2) is 0 Å². The lowest BCUT2D eigenvalue weighted by Crippen LogP contribution is -2.36. The predicted octanol–water partition coefficient (Wildman–Crippen LogP) is 0.710. The van der Waals surface area contributed by atoms with Crippen molar-refractivity contribution >= 4 is 17.7 Å². The van der Waals surface area contributed by atoms with Gasteiger partial charge in [0, 0.05) is 31.2 Å². The molecule has 5 heteroatoms. The van der Waals surface area contributed by atoms with Crippen molar-refractivity contribution in [2.24, 2.45) is 11.8 Å². The van der Waals surface area contributed by atoms with Gasteiger partial charge in [0.25, 0.3) is 11.8 Å². The molecule has 0 aromatic rings. The lowest BCUT2D eigenvalue weighted by atomic mass is 9.96. The van der Waals surface area contributed by atoms with E-state index < -0.39 is 0 Å². The van der Waals surface area contributed by atoms with Gasteiger partial charge >= 0.3 is 0 Å². The minimum atomic E-state index is -0.266. The van der Waals surface area contributed by atoms with E-state index in [1.54, 1.807) is 0 Å². The Labute approximate surface area is 107 Å². The van der Waals surface area contributed by atoms with Gasteiger partial charge in [0.05, 0.1) is 0 Å². The van der Waals surface area contributed by atoms with Crippen LogP contribution in [0.5, 0.6) is 0 Å². The van der Waals surface area contributed by atoms with Crippen LogP contribution in [0.1, 0.15) is 27.2 Å². The van der Waals surface area contributed by atoms with Gasteiger partial charge in [-0.3, -0.25) is 19.3 Å². The molecule has 1 aliphatic heterocycles. The Kier molecular flexibility index (Phi) is 5.07. The summed E-state index contributed by atoms with van der Waals surface area (Å²) in [5.41, 5.74) is 0. The van der Waals surface area contributed by atoms with Gasteiger partial charge in [0.2, 0.25) is 5.91 Å². The molecule has 0 bridgehead atoms. The van der Waals surface area contributed by atoms with E-state index in [1.807, 2.05) is 20.8 Å². The maximum atomic E-state index is 11.6. The largest absolute Gasteiger partial charge is 0.356 e. The van der Waals surface area contributed by atoms with E-state index in [2.05, 4.69) is 5.32 Å². The fourth-order valence-electron chi connectivity index (χ4n) is 2.06. The molecule has 0 spiro atoms. The molecule has 1 N–H and O–H groups in total. The molecule has 1 rings (SSSR count). The maximum absolute atomic E-state index is 11.6. The highest BCUT2D eigenvalue weighted by Crippen LogP contribution is 2.15. The minimum Gasteiger partial charge on any atom is -0.356 e. The molecule has 1 aliphatic rings. The van der Waals surface area contributed by atoms with Crippen molar-refractivity contribution in [3.8, 4) is 0 Å². The summed E-state index contributed by atoms with van der Waals surface area (Å²) < 4.78 is 0. The topological polar surface area (TPSA) is 66.5 Å². The lowest BCUT2D eigenvalue weighted by molar-refractivity contribution is -0.137. The summed E-state index contributed by atoms with van der Waals surface area (Å²) in [6, 6.07) is 0. The van der Waals surface area contributed by atoms with Crippen molar-refractivity contribution in [3.05, 3.63) is 12.2 Å². The number of amides is 3. The zero-order valence-corrected chi connectivity index (χ0v) is 11.1. The molecule has 0 aliphatic carbocycles. The molecule has 0 aromatic carbocycles. The maximum Gasteiger partial charge on any atom is 0.253 e. The van der Waals surface area contributed by atoms with E-state index in [4.69, 9.17) is 0 Å². The summed E-state index contributed by atoms with van der Waals surface area (Å²) in [6.45, 7) is 6.65. The number of rotatable bonds is 6. The first-order valence-electron chi connectivity index (χ1n) is 6.27. The molecular formula is C13H20N2O3. The van der Waals surface area contributed by atoms with Crippen molar-refractivity contribution in [1.82, 2.24) is 10.2 Å². The van der Waals surface area contributed by atoms with Crippen molar-refractivity contribution in [1.29, 1.82) is 0 Å². The summed E-state index contributed by atoms with van der Waals surface area (Å²) in [6.07, 6.45) is 3.22. The fraction of sp³-hybridized carbons (Fsp3) is 0.615. The van der Waals surface area contributed by atoms with Gasteiger partial charge in [-0.2, -0.15) is 0 Å². The average Bonchev–Trinajstić information content (AvgIpc) is 2.61. The van der Waals surface area contributed by atoms with Crippen LogP contribution in [0.15, 0.2) is 12.2 Å². The molecule has 18 heavy (non-hydrogen) atoms. The van der Waals surface area contributed by atoms with Crippen LogP contribution in [-0.2, 0) is 14.4 Å². The molecule has 2 atom stereocenters. The Hall–Kier alpha value is -1.65.